The summed E-state index contributed by atoms with van der Waals surface area (Å²) in [5.41, 5.74) is 3.15. The Hall–Kier alpha value is -3.87. The van der Waals surface area contributed by atoms with Crippen molar-refractivity contribution in [3.8, 4) is 11.1 Å². The number of rotatable bonds is 3. The Bertz CT molecular complexity index is 1440. The molecule has 5 nitrogen and oxygen atoms in total. The molecule has 2 saturated heterocycles. The summed E-state index contributed by atoms with van der Waals surface area (Å²) in [4.78, 5) is 26.7. The number of hydrogen-bond donors (Lipinski definition) is 0. The fourth-order valence-electron chi connectivity index (χ4n) is 5.26. The first-order valence-corrected chi connectivity index (χ1v) is 11.8. The minimum Gasteiger partial charge on any atom is -0.350 e. The van der Waals surface area contributed by atoms with Crippen LogP contribution in [0.4, 0.5) is 14.6 Å². The largest absolute Gasteiger partial charge is 0.350 e. The second-order valence-corrected chi connectivity index (χ2v) is 9.37. The number of aryl methyl sites for hydroxylation is 1. The van der Waals surface area contributed by atoms with Gasteiger partial charge in [-0.1, -0.05) is 42.5 Å². The van der Waals surface area contributed by atoms with Crippen molar-refractivity contribution in [1.82, 2.24) is 14.9 Å². The lowest BCUT2D eigenvalue weighted by atomic mass is 9.82. The molecule has 2 aliphatic rings. The second-order valence-electron chi connectivity index (χ2n) is 9.37. The lowest BCUT2D eigenvalue weighted by Gasteiger charge is -2.54. The standard InChI is InChI=1S/C28H24F2N4O/c1-17-7-9-21(18-5-3-2-4-6-18)26(27(17)30)28(35)33-12-11-19-15-34(24(19)16-33)25-14-31-23-13-20(29)8-10-22(23)32-25/h2-10,13-14,19,24H,11-12,15-16H2,1H3/t19?,24-/m1/s1. The lowest BCUT2D eigenvalue weighted by Crippen LogP contribution is -2.65. The van der Waals surface area contributed by atoms with Gasteiger partial charge in [-0.05, 0) is 42.2 Å². The van der Waals surface area contributed by atoms with Gasteiger partial charge in [-0.25, -0.2) is 13.8 Å². The van der Waals surface area contributed by atoms with E-state index in [2.05, 4.69) is 14.9 Å². The SMILES string of the molecule is Cc1ccc(-c2ccccc2)c(C(=O)N2CCC3CN(c4cnc5cc(F)ccc5n4)[C@@H]3C2)c1F. The van der Waals surface area contributed by atoms with Crippen molar-refractivity contribution in [2.75, 3.05) is 24.5 Å². The Kier molecular flexibility index (Phi) is 5.20. The maximum Gasteiger partial charge on any atom is 0.257 e. The van der Waals surface area contributed by atoms with Crippen LogP contribution in [0.5, 0.6) is 0 Å². The fraction of sp³-hybridized carbons (Fsp3) is 0.250. The molecule has 1 amide bonds. The number of piperidine rings is 1. The molecule has 6 rings (SSSR count). The summed E-state index contributed by atoms with van der Waals surface area (Å²) in [6.07, 6.45) is 2.51. The third-order valence-corrected chi connectivity index (χ3v) is 7.26. The average Bonchev–Trinajstić information content (AvgIpc) is 2.86. The van der Waals surface area contributed by atoms with Gasteiger partial charge in [-0.15, -0.1) is 0 Å². The maximum atomic E-state index is 15.4. The van der Waals surface area contributed by atoms with Gasteiger partial charge in [0.2, 0.25) is 0 Å². The molecule has 0 bridgehead atoms. The third kappa shape index (κ3) is 3.71. The molecule has 35 heavy (non-hydrogen) atoms. The van der Waals surface area contributed by atoms with Crippen LogP contribution in [0.25, 0.3) is 22.2 Å². The topological polar surface area (TPSA) is 49.3 Å². The number of anilines is 1. The number of halogens is 2. The molecule has 7 heteroatoms. The van der Waals surface area contributed by atoms with Gasteiger partial charge in [-0.2, -0.15) is 0 Å². The van der Waals surface area contributed by atoms with Gasteiger partial charge < -0.3 is 9.80 Å². The van der Waals surface area contributed by atoms with E-state index in [9.17, 15) is 9.18 Å². The highest BCUT2D eigenvalue weighted by Gasteiger charge is 2.45. The normalized spacial score (nSPS) is 19.4. The molecule has 2 atom stereocenters. The molecular formula is C28H24F2N4O. The zero-order valence-electron chi connectivity index (χ0n) is 19.3. The van der Waals surface area contributed by atoms with Crippen molar-refractivity contribution in [2.45, 2.75) is 19.4 Å². The van der Waals surface area contributed by atoms with E-state index in [0.717, 1.165) is 18.5 Å². The van der Waals surface area contributed by atoms with E-state index >= 15 is 4.39 Å². The molecule has 0 N–H and O–H groups in total. The summed E-state index contributed by atoms with van der Waals surface area (Å²) in [7, 11) is 0. The molecule has 2 aliphatic heterocycles. The van der Waals surface area contributed by atoms with Crippen LogP contribution < -0.4 is 4.90 Å². The van der Waals surface area contributed by atoms with E-state index < -0.39 is 5.82 Å². The Morgan fingerprint density at radius 2 is 1.83 bits per heavy atom. The van der Waals surface area contributed by atoms with Crippen LogP contribution >= 0.6 is 0 Å². The molecule has 1 unspecified atom stereocenters. The highest BCUT2D eigenvalue weighted by molar-refractivity contribution is 6.01. The summed E-state index contributed by atoms with van der Waals surface area (Å²) < 4.78 is 28.9. The predicted octanol–water partition coefficient (Wildman–Crippen LogP) is 5.23. The first-order chi connectivity index (χ1) is 17.0. The van der Waals surface area contributed by atoms with Crippen LogP contribution in [0.3, 0.4) is 0 Å². The van der Waals surface area contributed by atoms with Crippen molar-refractivity contribution < 1.29 is 13.6 Å². The van der Waals surface area contributed by atoms with Gasteiger partial charge in [0, 0.05) is 31.6 Å². The molecule has 3 aromatic carbocycles. The van der Waals surface area contributed by atoms with E-state index in [1.54, 1.807) is 30.2 Å². The molecular weight excluding hydrogens is 446 g/mol. The summed E-state index contributed by atoms with van der Waals surface area (Å²) in [5, 5.41) is 0. The van der Waals surface area contributed by atoms with Crippen LogP contribution in [-0.4, -0.2) is 46.5 Å². The van der Waals surface area contributed by atoms with E-state index in [-0.39, 0.29) is 23.3 Å². The van der Waals surface area contributed by atoms with Crippen LogP contribution in [0, 0.1) is 24.5 Å². The monoisotopic (exact) mass is 470 g/mol. The van der Waals surface area contributed by atoms with Crippen LogP contribution in [-0.2, 0) is 0 Å². The number of benzene rings is 3. The van der Waals surface area contributed by atoms with Crippen molar-refractivity contribution in [3.63, 3.8) is 0 Å². The van der Waals surface area contributed by atoms with Gasteiger partial charge in [0.25, 0.3) is 5.91 Å². The molecule has 4 aromatic rings. The molecule has 176 valence electrons. The summed E-state index contributed by atoms with van der Waals surface area (Å²) in [6.45, 7) is 3.61. The number of likely N-dealkylation sites (tertiary alicyclic amines) is 1. The van der Waals surface area contributed by atoms with E-state index in [4.69, 9.17) is 0 Å². The number of hydrogen-bond acceptors (Lipinski definition) is 4. The number of fused-ring (bicyclic) bond motifs is 2. The number of nitrogens with zero attached hydrogens (tertiary/aromatic N) is 4. The number of amides is 1. The van der Waals surface area contributed by atoms with Gasteiger partial charge in [0.1, 0.15) is 17.5 Å². The van der Waals surface area contributed by atoms with Gasteiger partial charge in [-0.3, -0.25) is 9.78 Å². The minimum absolute atomic E-state index is 0.0907. The molecule has 0 aliphatic carbocycles. The molecule has 2 fully saturated rings. The van der Waals surface area contributed by atoms with Crippen LogP contribution in [0.2, 0.25) is 0 Å². The smallest absolute Gasteiger partial charge is 0.257 e. The van der Waals surface area contributed by atoms with Crippen LogP contribution in [0.15, 0.2) is 66.9 Å². The molecule has 1 aromatic heterocycles. The first-order valence-electron chi connectivity index (χ1n) is 11.8. The molecule has 0 saturated carbocycles. The van der Waals surface area contributed by atoms with E-state index in [1.165, 1.54) is 12.1 Å². The maximum absolute atomic E-state index is 15.4. The van der Waals surface area contributed by atoms with Crippen molar-refractivity contribution in [2.24, 2.45) is 5.92 Å². The first kappa shape index (κ1) is 21.6. The van der Waals surface area contributed by atoms with Gasteiger partial charge in [0.05, 0.1) is 28.8 Å². The second kappa shape index (κ2) is 8.41. The highest BCUT2D eigenvalue weighted by Crippen LogP contribution is 2.37. The quantitative estimate of drug-likeness (QED) is 0.411. The molecule has 0 spiro atoms. The highest BCUT2D eigenvalue weighted by atomic mass is 19.1. The average molecular weight is 471 g/mol. The Morgan fingerprint density at radius 3 is 2.66 bits per heavy atom. The zero-order chi connectivity index (χ0) is 24.1. The number of carbonyl (C=O) groups excluding carboxylic acids is 1. The van der Waals surface area contributed by atoms with Gasteiger partial charge >= 0.3 is 0 Å². The molecule has 3 heterocycles. The van der Waals surface area contributed by atoms with E-state index in [1.807, 2.05) is 36.4 Å². The summed E-state index contributed by atoms with van der Waals surface area (Å²) >= 11 is 0. The van der Waals surface area contributed by atoms with Crippen molar-refractivity contribution >= 4 is 22.8 Å². The summed E-state index contributed by atoms with van der Waals surface area (Å²) in [5.74, 6) is 0.0716. The predicted molar refractivity (Wildman–Crippen MR) is 131 cm³/mol. The van der Waals surface area contributed by atoms with Gasteiger partial charge in [0.15, 0.2) is 0 Å². The molecule has 0 radical (unpaired) electrons. The third-order valence-electron chi connectivity index (χ3n) is 7.26. The van der Waals surface area contributed by atoms with Crippen LogP contribution in [0.1, 0.15) is 22.3 Å². The Labute approximate surface area is 202 Å². The van der Waals surface area contributed by atoms with E-state index in [0.29, 0.717) is 47.0 Å². The number of carbonyl (C=O) groups is 1. The Morgan fingerprint density at radius 1 is 1.00 bits per heavy atom. The minimum atomic E-state index is -0.462. The number of aromatic nitrogens is 2. The zero-order valence-corrected chi connectivity index (χ0v) is 19.3. The Balaban J connectivity index is 1.28. The van der Waals surface area contributed by atoms with Crippen molar-refractivity contribution in [1.29, 1.82) is 0 Å². The lowest BCUT2D eigenvalue weighted by molar-refractivity contribution is 0.0587. The fourth-order valence-corrected chi connectivity index (χ4v) is 5.26. The summed E-state index contributed by atoms with van der Waals surface area (Å²) in [6, 6.07) is 17.5. The van der Waals surface area contributed by atoms with Crippen molar-refractivity contribution in [3.05, 3.63) is 89.6 Å².